The zero-order valence-electron chi connectivity index (χ0n) is 11.8. The molecule has 0 spiro atoms. The van der Waals surface area contributed by atoms with Crippen LogP contribution < -0.4 is 4.74 Å². The van der Waals surface area contributed by atoms with Crippen molar-refractivity contribution in [3.8, 4) is 17.0 Å². The molecule has 4 nitrogen and oxygen atoms in total. The van der Waals surface area contributed by atoms with Crippen LogP contribution in [0.3, 0.4) is 0 Å². The number of nitrogens with zero attached hydrogens (tertiary/aromatic N) is 2. The Morgan fingerprint density at radius 1 is 1.22 bits per heavy atom. The lowest BCUT2D eigenvalue weighted by Gasteiger charge is -2.16. The number of ether oxygens (including phenoxy) is 1. The van der Waals surface area contributed by atoms with Crippen molar-refractivity contribution in [1.29, 1.82) is 0 Å². The molecule has 1 aliphatic heterocycles. The number of rotatable bonds is 3. The third kappa shape index (κ3) is 3.03. The van der Waals surface area contributed by atoms with Crippen molar-refractivity contribution < 1.29 is 22.7 Å². The highest BCUT2D eigenvalue weighted by atomic mass is 79.9. The number of hydrogen-bond acceptors (Lipinski definition) is 4. The summed E-state index contributed by atoms with van der Waals surface area (Å²) in [5.74, 6) is -2.86. The summed E-state index contributed by atoms with van der Waals surface area (Å²) in [6.45, 7) is 0. The first-order valence-corrected chi connectivity index (χ1v) is 7.36. The molecule has 1 atom stereocenters. The fourth-order valence-corrected chi connectivity index (χ4v) is 2.72. The lowest BCUT2D eigenvalue weighted by molar-refractivity contribution is 0.0858. The molecule has 1 aliphatic rings. The summed E-state index contributed by atoms with van der Waals surface area (Å²) in [6.07, 6.45) is 1.25. The summed E-state index contributed by atoms with van der Waals surface area (Å²) in [7, 11) is 1.38. The van der Waals surface area contributed by atoms with Crippen LogP contribution in [0.15, 0.2) is 29.6 Å². The van der Waals surface area contributed by atoms with Crippen molar-refractivity contribution in [1.82, 2.24) is 4.98 Å². The number of hydrogen-bond donors (Lipinski definition) is 0. The van der Waals surface area contributed by atoms with Crippen molar-refractivity contribution in [2.24, 2.45) is 5.16 Å². The van der Waals surface area contributed by atoms with Crippen LogP contribution in [-0.2, 0) is 4.84 Å². The summed E-state index contributed by atoms with van der Waals surface area (Å²) in [5.41, 5.74) is 0.233. The van der Waals surface area contributed by atoms with Crippen LogP contribution in [0.4, 0.5) is 13.2 Å². The van der Waals surface area contributed by atoms with Crippen LogP contribution in [0.25, 0.3) is 11.1 Å². The first-order chi connectivity index (χ1) is 11.0. The molecule has 0 radical (unpaired) electrons. The molecule has 0 bridgehead atoms. The van der Waals surface area contributed by atoms with Gasteiger partial charge in [-0.1, -0.05) is 5.16 Å². The largest absolute Gasteiger partial charge is 0.481 e. The van der Waals surface area contributed by atoms with Crippen molar-refractivity contribution in [2.45, 2.75) is 12.5 Å². The molecule has 1 aromatic carbocycles. The molecular formula is C15H10BrF3N2O2. The van der Waals surface area contributed by atoms with Crippen LogP contribution in [0.5, 0.6) is 5.88 Å². The van der Waals surface area contributed by atoms with Gasteiger partial charge in [0, 0.05) is 41.9 Å². The van der Waals surface area contributed by atoms with Crippen LogP contribution in [-0.4, -0.2) is 16.7 Å². The van der Waals surface area contributed by atoms with Gasteiger partial charge in [-0.2, -0.15) is 0 Å². The van der Waals surface area contributed by atoms with Crippen molar-refractivity contribution >= 4 is 20.6 Å². The smallest absolute Gasteiger partial charge is 0.213 e. The minimum Gasteiger partial charge on any atom is -0.481 e. The third-order valence-corrected chi connectivity index (χ3v) is 3.84. The fourth-order valence-electron chi connectivity index (χ4n) is 2.35. The first kappa shape index (κ1) is 15.8. The molecule has 0 fully saturated rings. The highest BCUT2D eigenvalue weighted by Crippen LogP contribution is 2.39. The molecular weight excluding hydrogens is 377 g/mol. The molecule has 0 saturated carbocycles. The molecule has 1 unspecified atom stereocenters. The van der Waals surface area contributed by atoms with Gasteiger partial charge in [-0.15, -0.1) is 0 Å². The SMILES string of the molecule is COc1cc(-c2c(F)cc(F)cc2F)c(C2CC(Br)=NO2)cn1. The van der Waals surface area contributed by atoms with E-state index in [0.717, 1.165) is 0 Å². The molecule has 2 aromatic rings. The van der Waals surface area contributed by atoms with Gasteiger partial charge in [0.1, 0.15) is 22.1 Å². The highest BCUT2D eigenvalue weighted by molar-refractivity contribution is 9.18. The average molecular weight is 387 g/mol. The Kier molecular flexibility index (Phi) is 4.25. The van der Waals surface area contributed by atoms with Gasteiger partial charge in [0.25, 0.3) is 0 Å². The summed E-state index contributed by atoms with van der Waals surface area (Å²) >= 11 is 3.21. The van der Waals surface area contributed by atoms with Crippen LogP contribution in [0.2, 0.25) is 0 Å². The summed E-state index contributed by atoms with van der Waals surface area (Å²) in [6, 6.07) is 2.62. The Bertz CT molecular complexity index is 775. The summed E-state index contributed by atoms with van der Waals surface area (Å²) in [5, 5.41) is 3.76. The molecule has 0 aliphatic carbocycles. The van der Waals surface area contributed by atoms with Gasteiger partial charge in [0.2, 0.25) is 5.88 Å². The van der Waals surface area contributed by atoms with E-state index in [-0.39, 0.29) is 17.0 Å². The van der Waals surface area contributed by atoms with E-state index >= 15 is 0 Å². The third-order valence-electron chi connectivity index (χ3n) is 3.37. The Morgan fingerprint density at radius 2 is 1.91 bits per heavy atom. The second kappa shape index (κ2) is 6.19. The quantitative estimate of drug-likeness (QED) is 0.787. The van der Waals surface area contributed by atoms with E-state index in [1.807, 2.05) is 0 Å². The van der Waals surface area contributed by atoms with E-state index in [2.05, 4.69) is 26.1 Å². The maximum Gasteiger partial charge on any atom is 0.213 e. The summed E-state index contributed by atoms with van der Waals surface area (Å²) < 4.78 is 47.1. The molecule has 0 N–H and O–H groups in total. The molecule has 23 heavy (non-hydrogen) atoms. The molecule has 2 heterocycles. The number of methoxy groups -OCH3 is 1. The lowest BCUT2D eigenvalue weighted by Crippen LogP contribution is -2.04. The Hall–Kier alpha value is -2.09. The van der Waals surface area contributed by atoms with E-state index in [4.69, 9.17) is 9.57 Å². The normalized spacial score (nSPS) is 16.9. The Balaban J connectivity index is 2.17. The van der Waals surface area contributed by atoms with Gasteiger partial charge in [0.15, 0.2) is 6.10 Å². The van der Waals surface area contributed by atoms with Crippen LogP contribution in [0.1, 0.15) is 18.1 Å². The van der Waals surface area contributed by atoms with Gasteiger partial charge in [-0.3, -0.25) is 0 Å². The molecule has 1 aromatic heterocycles. The topological polar surface area (TPSA) is 43.7 Å². The number of pyridine rings is 1. The van der Waals surface area contributed by atoms with Gasteiger partial charge >= 0.3 is 0 Å². The van der Waals surface area contributed by atoms with Gasteiger partial charge < -0.3 is 9.57 Å². The van der Waals surface area contributed by atoms with Gasteiger partial charge in [-0.25, -0.2) is 18.2 Å². The predicted molar refractivity (Wildman–Crippen MR) is 80.9 cm³/mol. The Morgan fingerprint density at radius 3 is 2.48 bits per heavy atom. The van der Waals surface area contributed by atoms with Crippen LogP contribution >= 0.6 is 15.9 Å². The minimum atomic E-state index is -1.02. The standard InChI is InChI=1S/C15H10BrF3N2O2/c1-22-14-4-8(15-10(18)2-7(17)3-11(15)19)9(6-20-14)12-5-13(16)21-23-12/h2-4,6,12H,5H2,1H3. The molecule has 120 valence electrons. The van der Waals surface area contributed by atoms with Gasteiger partial charge in [-0.05, 0) is 15.9 Å². The summed E-state index contributed by atoms with van der Waals surface area (Å²) in [4.78, 5) is 9.27. The molecule has 0 saturated heterocycles. The van der Waals surface area contributed by atoms with E-state index in [9.17, 15) is 13.2 Å². The van der Waals surface area contributed by atoms with Crippen LogP contribution in [0, 0.1) is 17.5 Å². The molecule has 8 heteroatoms. The second-order valence-electron chi connectivity index (χ2n) is 4.82. The lowest BCUT2D eigenvalue weighted by atomic mass is 9.96. The zero-order valence-corrected chi connectivity index (χ0v) is 13.4. The van der Waals surface area contributed by atoms with E-state index in [0.29, 0.717) is 28.7 Å². The molecule has 3 rings (SSSR count). The van der Waals surface area contributed by atoms with Gasteiger partial charge in [0.05, 0.1) is 12.7 Å². The van der Waals surface area contributed by atoms with E-state index in [1.54, 1.807) is 0 Å². The predicted octanol–water partition coefficient (Wildman–Crippen LogP) is 4.34. The van der Waals surface area contributed by atoms with Crippen molar-refractivity contribution in [3.05, 3.63) is 47.4 Å². The van der Waals surface area contributed by atoms with Crippen molar-refractivity contribution in [2.75, 3.05) is 7.11 Å². The number of benzene rings is 1. The van der Waals surface area contributed by atoms with E-state index in [1.165, 1.54) is 19.4 Å². The number of halogens is 4. The monoisotopic (exact) mass is 386 g/mol. The van der Waals surface area contributed by atoms with E-state index < -0.39 is 23.6 Å². The van der Waals surface area contributed by atoms with Crippen molar-refractivity contribution in [3.63, 3.8) is 0 Å². The zero-order chi connectivity index (χ0) is 16.6. The average Bonchev–Trinajstić information content (AvgIpc) is 2.92. The number of oxime groups is 1. The fraction of sp³-hybridized carbons (Fsp3) is 0.200. The first-order valence-electron chi connectivity index (χ1n) is 6.56. The Labute approximate surface area is 138 Å². The maximum absolute atomic E-state index is 14.2. The maximum atomic E-state index is 14.2. The number of aromatic nitrogens is 1. The highest BCUT2D eigenvalue weighted by Gasteiger charge is 2.27. The molecule has 0 amide bonds. The minimum absolute atomic E-state index is 0.171. The second-order valence-corrected chi connectivity index (χ2v) is 5.74.